The predicted molar refractivity (Wildman–Crippen MR) is 119 cm³/mol. The molecule has 1 aliphatic carbocycles. The maximum atomic E-state index is 13.0. The molecule has 0 radical (unpaired) electrons. The highest BCUT2D eigenvalue weighted by Gasteiger charge is 2.35. The number of aromatic nitrogens is 2. The largest absolute Gasteiger partial charge is 0.378 e. The first-order valence-corrected chi connectivity index (χ1v) is 11.6. The third-order valence-electron chi connectivity index (χ3n) is 7.39. The van der Waals surface area contributed by atoms with E-state index in [-0.39, 0.29) is 18.5 Å². The lowest BCUT2D eigenvalue weighted by atomic mass is 9.83. The average molecular weight is 420 g/mol. The number of anilines is 1. The van der Waals surface area contributed by atoms with Crippen molar-refractivity contribution in [3.63, 3.8) is 0 Å². The minimum Gasteiger partial charge on any atom is -0.378 e. The maximum absolute atomic E-state index is 13.0. The van der Waals surface area contributed by atoms with E-state index in [1.165, 1.54) is 41.8 Å². The molecule has 0 N–H and O–H groups in total. The van der Waals surface area contributed by atoms with E-state index >= 15 is 0 Å². The summed E-state index contributed by atoms with van der Waals surface area (Å²) in [7, 11) is 0. The van der Waals surface area contributed by atoms with Crippen molar-refractivity contribution in [3.05, 3.63) is 47.5 Å². The van der Waals surface area contributed by atoms with Gasteiger partial charge in [0, 0.05) is 43.9 Å². The molecule has 1 aromatic heterocycles. The van der Waals surface area contributed by atoms with Crippen molar-refractivity contribution in [1.29, 1.82) is 0 Å². The number of carbonyl (C=O) groups is 1. The molecule has 1 saturated carbocycles. The number of ether oxygens (including phenoxy) is 1. The number of carbonyl (C=O) groups excluding carboxylic acids is 1. The molecule has 1 amide bonds. The average Bonchev–Trinajstić information content (AvgIpc) is 3.17. The lowest BCUT2D eigenvalue weighted by Gasteiger charge is -2.39. The summed E-state index contributed by atoms with van der Waals surface area (Å²) in [6.45, 7) is 4.39. The SMILES string of the molecule is O=C1CN=C(n2cnc(C3CCC3)c2)CC2c3cccc(N4CCOCC4)c3CCN12. The van der Waals surface area contributed by atoms with Crippen LogP contribution in [0, 0.1) is 0 Å². The molecule has 0 bridgehead atoms. The molecule has 6 rings (SSSR count). The van der Waals surface area contributed by atoms with Crippen LogP contribution in [0.15, 0.2) is 35.7 Å². The Bertz CT molecular complexity index is 1020. The van der Waals surface area contributed by atoms with Crippen molar-refractivity contribution < 1.29 is 9.53 Å². The van der Waals surface area contributed by atoms with Gasteiger partial charge in [0.15, 0.2) is 0 Å². The number of benzene rings is 1. The molecule has 4 heterocycles. The van der Waals surface area contributed by atoms with E-state index in [9.17, 15) is 4.79 Å². The Kier molecular flexibility index (Phi) is 4.78. The molecule has 1 saturated heterocycles. The van der Waals surface area contributed by atoms with Crippen LogP contribution in [0.25, 0.3) is 0 Å². The fourth-order valence-electron chi connectivity index (χ4n) is 5.42. The van der Waals surface area contributed by atoms with Crippen molar-refractivity contribution >= 4 is 17.4 Å². The highest BCUT2D eigenvalue weighted by molar-refractivity contribution is 5.91. The van der Waals surface area contributed by atoms with Crippen LogP contribution >= 0.6 is 0 Å². The van der Waals surface area contributed by atoms with Crippen LogP contribution in [0.5, 0.6) is 0 Å². The maximum Gasteiger partial charge on any atom is 0.244 e. The van der Waals surface area contributed by atoms with Gasteiger partial charge in [-0.1, -0.05) is 18.6 Å². The summed E-state index contributed by atoms with van der Waals surface area (Å²) in [6.07, 6.45) is 9.42. The van der Waals surface area contributed by atoms with Gasteiger partial charge in [-0.25, -0.2) is 4.98 Å². The summed E-state index contributed by atoms with van der Waals surface area (Å²) in [5, 5.41) is 0. The molecule has 2 aromatic rings. The second-order valence-electron chi connectivity index (χ2n) is 9.07. The Balaban J connectivity index is 1.33. The number of nitrogens with zero attached hydrogens (tertiary/aromatic N) is 5. The Morgan fingerprint density at radius 1 is 1.10 bits per heavy atom. The van der Waals surface area contributed by atoms with E-state index in [1.807, 2.05) is 11.2 Å². The van der Waals surface area contributed by atoms with Crippen LogP contribution in [0.1, 0.15) is 54.5 Å². The van der Waals surface area contributed by atoms with Crippen LogP contribution in [0.3, 0.4) is 0 Å². The Hall–Kier alpha value is -2.67. The Labute approximate surface area is 182 Å². The zero-order chi connectivity index (χ0) is 20.8. The summed E-state index contributed by atoms with van der Waals surface area (Å²) in [4.78, 5) is 26.8. The predicted octanol–water partition coefficient (Wildman–Crippen LogP) is 2.76. The number of aliphatic imine (C=N–C) groups is 1. The molecule has 4 aliphatic rings. The van der Waals surface area contributed by atoms with Crippen LogP contribution in [-0.4, -0.2) is 65.6 Å². The topological polar surface area (TPSA) is 63.0 Å². The van der Waals surface area contributed by atoms with Crippen molar-refractivity contribution in [3.8, 4) is 0 Å². The number of rotatable bonds is 2. The van der Waals surface area contributed by atoms with Gasteiger partial charge in [-0.2, -0.15) is 0 Å². The van der Waals surface area contributed by atoms with E-state index in [0.717, 1.165) is 51.5 Å². The number of imidazole rings is 1. The van der Waals surface area contributed by atoms with E-state index in [2.05, 4.69) is 38.8 Å². The first kappa shape index (κ1) is 19.0. The normalized spacial score (nSPS) is 24.2. The zero-order valence-electron chi connectivity index (χ0n) is 17.9. The smallest absolute Gasteiger partial charge is 0.244 e. The summed E-state index contributed by atoms with van der Waals surface area (Å²) in [6, 6.07) is 6.62. The van der Waals surface area contributed by atoms with Crippen molar-refractivity contribution in [2.75, 3.05) is 44.3 Å². The van der Waals surface area contributed by atoms with Crippen LogP contribution in [0.4, 0.5) is 5.69 Å². The fraction of sp³-hybridized carbons (Fsp3) is 0.542. The third-order valence-corrected chi connectivity index (χ3v) is 7.39. The van der Waals surface area contributed by atoms with Gasteiger partial charge in [0.1, 0.15) is 18.7 Å². The minimum absolute atomic E-state index is 0.0352. The first-order valence-electron chi connectivity index (χ1n) is 11.6. The standard InChI is InChI=1S/C24H29N5O2/c30-24-14-25-23(28-15-20(26-16-28)17-3-1-4-17)13-22-18-5-2-6-21(19(18)7-8-29(22)24)27-9-11-31-12-10-27/h2,5-6,15-17,22H,1,3-4,7-14H2. The second kappa shape index (κ2) is 7.79. The molecule has 3 aliphatic heterocycles. The minimum atomic E-state index is 0.0352. The van der Waals surface area contributed by atoms with Crippen molar-refractivity contribution in [1.82, 2.24) is 14.5 Å². The molecular weight excluding hydrogens is 390 g/mol. The number of fused-ring (bicyclic) bond motifs is 3. The molecule has 2 fully saturated rings. The summed E-state index contributed by atoms with van der Waals surface area (Å²) >= 11 is 0. The van der Waals surface area contributed by atoms with Crippen LogP contribution in [-0.2, 0) is 16.0 Å². The molecule has 31 heavy (non-hydrogen) atoms. The molecule has 1 aromatic carbocycles. The highest BCUT2D eigenvalue weighted by atomic mass is 16.5. The molecule has 162 valence electrons. The lowest BCUT2D eigenvalue weighted by Crippen LogP contribution is -2.42. The van der Waals surface area contributed by atoms with Crippen LogP contribution < -0.4 is 4.90 Å². The molecule has 7 heteroatoms. The number of hydrogen-bond donors (Lipinski definition) is 0. The molecule has 1 atom stereocenters. The summed E-state index contributed by atoms with van der Waals surface area (Å²) < 4.78 is 7.62. The van der Waals surface area contributed by atoms with Gasteiger partial charge in [-0.05, 0) is 36.5 Å². The van der Waals surface area contributed by atoms with E-state index in [0.29, 0.717) is 5.92 Å². The van der Waals surface area contributed by atoms with E-state index < -0.39 is 0 Å². The van der Waals surface area contributed by atoms with Gasteiger partial charge in [0.25, 0.3) is 0 Å². The number of amides is 1. The first-order chi connectivity index (χ1) is 15.3. The third kappa shape index (κ3) is 3.35. The van der Waals surface area contributed by atoms with Gasteiger partial charge in [-0.3, -0.25) is 14.4 Å². The van der Waals surface area contributed by atoms with Gasteiger partial charge in [0.2, 0.25) is 5.91 Å². The molecular formula is C24H29N5O2. The summed E-state index contributed by atoms with van der Waals surface area (Å²) in [5.41, 5.74) is 5.14. The van der Waals surface area contributed by atoms with Crippen molar-refractivity contribution in [2.45, 2.75) is 44.1 Å². The lowest BCUT2D eigenvalue weighted by molar-refractivity contribution is -0.132. The fourth-order valence-corrected chi connectivity index (χ4v) is 5.42. The van der Waals surface area contributed by atoms with E-state index in [1.54, 1.807) is 0 Å². The number of hydrogen-bond acceptors (Lipinski definition) is 5. The Morgan fingerprint density at radius 2 is 1.97 bits per heavy atom. The monoisotopic (exact) mass is 419 g/mol. The quantitative estimate of drug-likeness (QED) is 0.751. The summed E-state index contributed by atoms with van der Waals surface area (Å²) in [5.74, 6) is 1.67. The second-order valence-corrected chi connectivity index (χ2v) is 9.07. The van der Waals surface area contributed by atoms with Crippen LogP contribution in [0.2, 0.25) is 0 Å². The Morgan fingerprint density at radius 3 is 2.77 bits per heavy atom. The van der Waals surface area contributed by atoms with Gasteiger partial charge in [0.05, 0.1) is 24.9 Å². The van der Waals surface area contributed by atoms with Gasteiger partial charge >= 0.3 is 0 Å². The molecule has 7 nitrogen and oxygen atoms in total. The van der Waals surface area contributed by atoms with Gasteiger partial charge < -0.3 is 14.5 Å². The van der Waals surface area contributed by atoms with E-state index in [4.69, 9.17) is 9.73 Å². The zero-order valence-corrected chi connectivity index (χ0v) is 17.9. The van der Waals surface area contributed by atoms with Gasteiger partial charge in [-0.15, -0.1) is 0 Å². The van der Waals surface area contributed by atoms with Crippen molar-refractivity contribution in [2.24, 2.45) is 4.99 Å². The highest BCUT2D eigenvalue weighted by Crippen LogP contribution is 2.39. The molecule has 0 spiro atoms. The number of morpholine rings is 1. The molecule has 1 unspecified atom stereocenters.